The van der Waals surface area contributed by atoms with Gasteiger partial charge in [-0.05, 0) is 37.2 Å². The maximum atomic E-state index is 12.0. The number of carbonyl (C=O) groups is 1. The van der Waals surface area contributed by atoms with Crippen molar-refractivity contribution < 1.29 is 9.53 Å². The summed E-state index contributed by atoms with van der Waals surface area (Å²) in [6.07, 6.45) is 3.46. The Balaban J connectivity index is 1.80. The number of hydrogen-bond donors (Lipinski definition) is 1. The van der Waals surface area contributed by atoms with Crippen molar-refractivity contribution in [3.05, 3.63) is 42.2 Å². The van der Waals surface area contributed by atoms with Gasteiger partial charge in [0.1, 0.15) is 5.75 Å². The smallest absolute Gasteiger partial charge is 0.262 e. The fraction of sp³-hybridized carbons (Fsp3) is 0.474. The molecular weight excluding hydrogens is 316 g/mol. The number of anilines is 1. The maximum absolute atomic E-state index is 12.0. The van der Waals surface area contributed by atoms with E-state index in [9.17, 15) is 4.79 Å². The van der Waals surface area contributed by atoms with Gasteiger partial charge in [0.15, 0.2) is 6.61 Å². The Morgan fingerprint density at radius 2 is 1.92 bits per heavy atom. The summed E-state index contributed by atoms with van der Waals surface area (Å²) in [5, 5.41) is 7.02. The molecule has 136 valence electrons. The van der Waals surface area contributed by atoms with Gasteiger partial charge in [-0.1, -0.05) is 32.9 Å². The monoisotopic (exact) mass is 344 g/mol. The molecule has 0 spiro atoms. The van der Waals surface area contributed by atoms with Crippen molar-refractivity contribution in [2.45, 2.75) is 32.7 Å². The first-order chi connectivity index (χ1) is 11.7. The second kappa shape index (κ2) is 8.16. The third-order valence-corrected chi connectivity index (χ3v) is 3.78. The number of nitrogens with one attached hydrogen (secondary N) is 1. The predicted octanol–water partition coefficient (Wildman–Crippen LogP) is 2.76. The van der Waals surface area contributed by atoms with E-state index in [4.69, 9.17) is 4.74 Å². The zero-order chi connectivity index (χ0) is 18.4. The van der Waals surface area contributed by atoms with Crippen molar-refractivity contribution in [2.24, 2.45) is 0 Å². The molecule has 1 aromatic heterocycles. The number of hydrogen-bond acceptors (Lipinski definition) is 4. The van der Waals surface area contributed by atoms with Crippen LogP contribution >= 0.6 is 0 Å². The summed E-state index contributed by atoms with van der Waals surface area (Å²) in [5.74, 6) is 0.483. The molecule has 6 nitrogen and oxygen atoms in total. The fourth-order valence-electron chi connectivity index (χ4n) is 2.25. The van der Waals surface area contributed by atoms with Crippen LogP contribution < -0.4 is 10.1 Å². The van der Waals surface area contributed by atoms with Gasteiger partial charge in [-0.2, -0.15) is 5.10 Å². The molecular formula is C19H28N4O2. The minimum Gasteiger partial charge on any atom is -0.484 e. The minimum atomic E-state index is -0.202. The molecule has 0 aliphatic rings. The number of carbonyl (C=O) groups excluding carboxylic acids is 1. The highest BCUT2D eigenvalue weighted by molar-refractivity contribution is 5.91. The van der Waals surface area contributed by atoms with Crippen LogP contribution in [-0.2, 0) is 16.8 Å². The Bertz CT molecular complexity index is 684. The summed E-state index contributed by atoms with van der Waals surface area (Å²) in [5.41, 5.74) is 2.01. The topological polar surface area (TPSA) is 59.4 Å². The molecule has 1 N–H and O–H groups in total. The lowest BCUT2D eigenvalue weighted by molar-refractivity contribution is -0.118. The highest BCUT2D eigenvalue weighted by atomic mass is 16.5. The molecule has 0 atom stereocenters. The molecule has 0 saturated heterocycles. The van der Waals surface area contributed by atoms with Gasteiger partial charge in [0, 0.05) is 12.7 Å². The van der Waals surface area contributed by atoms with E-state index in [1.807, 2.05) is 49.2 Å². The average Bonchev–Trinajstić information content (AvgIpc) is 2.98. The predicted molar refractivity (Wildman–Crippen MR) is 100 cm³/mol. The molecule has 25 heavy (non-hydrogen) atoms. The standard InChI is InChI=1S/C19H28N4O2/c1-19(2,3)15-6-8-17(9-7-15)25-14-18(24)21-16-12-20-23(13-16)11-10-22(4)5/h6-9,12-13H,10-11,14H2,1-5H3,(H,21,24). The molecule has 0 bridgehead atoms. The summed E-state index contributed by atoms with van der Waals surface area (Å²) in [7, 11) is 4.02. The zero-order valence-electron chi connectivity index (χ0n) is 15.7. The van der Waals surface area contributed by atoms with Gasteiger partial charge >= 0.3 is 0 Å². The molecule has 1 aromatic carbocycles. The summed E-state index contributed by atoms with van der Waals surface area (Å²) in [6.45, 7) is 8.12. The Morgan fingerprint density at radius 1 is 1.24 bits per heavy atom. The van der Waals surface area contributed by atoms with Crippen LogP contribution in [0.25, 0.3) is 0 Å². The van der Waals surface area contributed by atoms with Gasteiger partial charge in [-0.15, -0.1) is 0 Å². The number of rotatable bonds is 7. The summed E-state index contributed by atoms with van der Waals surface area (Å²) in [4.78, 5) is 14.1. The van der Waals surface area contributed by atoms with E-state index in [2.05, 4.69) is 36.1 Å². The number of likely N-dealkylation sites (N-methyl/N-ethyl adjacent to an activating group) is 1. The molecule has 0 fully saturated rings. The van der Waals surface area contributed by atoms with Crippen molar-refractivity contribution in [2.75, 3.05) is 32.6 Å². The Labute approximate surface area is 149 Å². The van der Waals surface area contributed by atoms with E-state index >= 15 is 0 Å². The normalized spacial score (nSPS) is 11.6. The Kier molecular flexibility index (Phi) is 6.20. The molecule has 0 saturated carbocycles. The largest absolute Gasteiger partial charge is 0.484 e. The van der Waals surface area contributed by atoms with E-state index in [0.29, 0.717) is 11.4 Å². The van der Waals surface area contributed by atoms with E-state index in [1.54, 1.807) is 6.20 Å². The quantitative estimate of drug-likeness (QED) is 0.839. The lowest BCUT2D eigenvalue weighted by Crippen LogP contribution is -2.20. The highest BCUT2D eigenvalue weighted by Crippen LogP contribution is 2.24. The summed E-state index contributed by atoms with van der Waals surface area (Å²) >= 11 is 0. The molecule has 0 radical (unpaired) electrons. The first kappa shape index (κ1) is 19.0. The molecule has 1 amide bonds. The van der Waals surface area contributed by atoms with Gasteiger partial charge in [0.25, 0.3) is 5.91 Å². The van der Waals surface area contributed by atoms with Crippen molar-refractivity contribution in [3.63, 3.8) is 0 Å². The van der Waals surface area contributed by atoms with Crippen LogP contribution in [0.2, 0.25) is 0 Å². The van der Waals surface area contributed by atoms with Crippen LogP contribution in [0.4, 0.5) is 5.69 Å². The maximum Gasteiger partial charge on any atom is 0.262 e. The summed E-state index contributed by atoms with van der Waals surface area (Å²) in [6, 6.07) is 7.85. The van der Waals surface area contributed by atoms with E-state index in [-0.39, 0.29) is 17.9 Å². The summed E-state index contributed by atoms with van der Waals surface area (Å²) < 4.78 is 7.35. The number of amides is 1. The van der Waals surface area contributed by atoms with Crippen molar-refractivity contribution in [1.29, 1.82) is 0 Å². The highest BCUT2D eigenvalue weighted by Gasteiger charge is 2.13. The van der Waals surface area contributed by atoms with E-state index in [1.165, 1.54) is 5.56 Å². The molecule has 0 aliphatic carbocycles. The van der Waals surface area contributed by atoms with Crippen LogP contribution in [0.15, 0.2) is 36.7 Å². The molecule has 6 heteroatoms. The third-order valence-electron chi connectivity index (χ3n) is 3.78. The first-order valence-corrected chi connectivity index (χ1v) is 8.44. The van der Waals surface area contributed by atoms with Gasteiger partial charge in [0.2, 0.25) is 0 Å². The zero-order valence-corrected chi connectivity index (χ0v) is 15.7. The lowest BCUT2D eigenvalue weighted by Gasteiger charge is -2.19. The van der Waals surface area contributed by atoms with Crippen molar-refractivity contribution >= 4 is 11.6 Å². The molecule has 0 unspecified atom stereocenters. The second-order valence-corrected chi connectivity index (χ2v) is 7.41. The first-order valence-electron chi connectivity index (χ1n) is 8.44. The van der Waals surface area contributed by atoms with Crippen LogP contribution in [0, 0.1) is 0 Å². The SMILES string of the molecule is CN(C)CCn1cc(NC(=O)COc2ccc(C(C)(C)C)cc2)cn1. The van der Waals surface area contributed by atoms with Gasteiger partial charge in [-0.25, -0.2) is 0 Å². The van der Waals surface area contributed by atoms with E-state index in [0.717, 1.165) is 13.1 Å². The molecule has 2 rings (SSSR count). The second-order valence-electron chi connectivity index (χ2n) is 7.41. The van der Waals surface area contributed by atoms with Gasteiger partial charge in [-0.3, -0.25) is 9.48 Å². The fourth-order valence-corrected chi connectivity index (χ4v) is 2.25. The molecule has 2 aromatic rings. The van der Waals surface area contributed by atoms with Crippen LogP contribution in [0.5, 0.6) is 5.75 Å². The number of benzene rings is 1. The van der Waals surface area contributed by atoms with Gasteiger partial charge < -0.3 is 15.0 Å². The average molecular weight is 344 g/mol. The number of nitrogens with zero attached hydrogens (tertiary/aromatic N) is 3. The minimum absolute atomic E-state index is 0.0300. The number of aromatic nitrogens is 2. The van der Waals surface area contributed by atoms with Crippen molar-refractivity contribution in [1.82, 2.24) is 14.7 Å². The van der Waals surface area contributed by atoms with Gasteiger partial charge in [0.05, 0.1) is 18.4 Å². The van der Waals surface area contributed by atoms with Crippen LogP contribution in [0.3, 0.4) is 0 Å². The third kappa shape index (κ3) is 6.23. The molecule has 1 heterocycles. The Morgan fingerprint density at radius 3 is 2.52 bits per heavy atom. The number of ether oxygens (including phenoxy) is 1. The van der Waals surface area contributed by atoms with Crippen LogP contribution in [0.1, 0.15) is 26.3 Å². The molecule has 0 aliphatic heterocycles. The van der Waals surface area contributed by atoms with E-state index < -0.39 is 0 Å². The van der Waals surface area contributed by atoms with Crippen molar-refractivity contribution in [3.8, 4) is 5.75 Å². The lowest BCUT2D eigenvalue weighted by atomic mass is 9.87. The van der Waals surface area contributed by atoms with Crippen LogP contribution in [-0.4, -0.2) is 47.8 Å². The Hall–Kier alpha value is -2.34.